The molecular weight excluding hydrogens is 460 g/mol. The molecule has 0 bridgehead atoms. The molecule has 3 aromatic carbocycles. The van der Waals surface area contributed by atoms with E-state index in [4.69, 9.17) is 19.6 Å². The van der Waals surface area contributed by atoms with E-state index >= 15 is 0 Å². The van der Waals surface area contributed by atoms with Gasteiger partial charge in [0.1, 0.15) is 17.9 Å². The monoisotopic (exact) mass is 488 g/mol. The van der Waals surface area contributed by atoms with Crippen LogP contribution in [-0.2, 0) is 35.6 Å². The molecule has 4 N–H and O–H groups in total. The molecule has 0 aliphatic heterocycles. The second-order valence-corrected chi connectivity index (χ2v) is 8.26. The van der Waals surface area contributed by atoms with E-state index in [-0.39, 0.29) is 26.2 Å². The summed E-state index contributed by atoms with van der Waals surface area (Å²) in [4.78, 5) is 23.0. The number of furan rings is 1. The van der Waals surface area contributed by atoms with Gasteiger partial charge in [-0.2, -0.15) is 0 Å². The van der Waals surface area contributed by atoms with Crippen LogP contribution in [-0.4, -0.2) is 23.8 Å². The molecule has 0 saturated heterocycles. The van der Waals surface area contributed by atoms with Crippen molar-refractivity contribution < 1.29 is 28.6 Å². The first kappa shape index (κ1) is 24.8. The fourth-order valence-corrected chi connectivity index (χ4v) is 3.98. The van der Waals surface area contributed by atoms with Gasteiger partial charge in [0, 0.05) is 29.6 Å². The van der Waals surface area contributed by atoms with Gasteiger partial charge in [0.05, 0.1) is 19.3 Å². The van der Waals surface area contributed by atoms with Gasteiger partial charge in [-0.25, -0.2) is 4.79 Å². The largest absolute Gasteiger partial charge is 0.489 e. The lowest BCUT2D eigenvalue weighted by Crippen LogP contribution is -2.23. The third-order valence-corrected chi connectivity index (χ3v) is 5.66. The molecule has 0 radical (unpaired) electrons. The van der Waals surface area contributed by atoms with Crippen LogP contribution in [0.2, 0.25) is 0 Å². The van der Waals surface area contributed by atoms with Crippen LogP contribution < -0.4 is 15.8 Å². The molecule has 0 fully saturated rings. The Morgan fingerprint density at radius 1 is 1.03 bits per heavy atom. The number of ether oxygens (including phenoxy) is 2. The minimum Gasteiger partial charge on any atom is -0.489 e. The summed E-state index contributed by atoms with van der Waals surface area (Å²) in [6.07, 6.45) is 0.948. The maximum atomic E-state index is 11.6. The minimum absolute atomic E-state index is 0.182. The molecule has 1 aromatic heterocycles. The van der Waals surface area contributed by atoms with Gasteiger partial charge < -0.3 is 30.0 Å². The number of carboxylic acids is 1. The molecule has 0 aliphatic carbocycles. The molecule has 186 valence electrons. The summed E-state index contributed by atoms with van der Waals surface area (Å²) in [5.41, 5.74) is 11.7. The Bertz CT molecular complexity index is 1380. The Hall–Kier alpha value is -4.30. The maximum Gasteiger partial charge on any atom is 0.407 e. The Morgan fingerprint density at radius 3 is 2.67 bits per heavy atom. The molecule has 4 aromatic rings. The van der Waals surface area contributed by atoms with Crippen molar-refractivity contribution in [2.75, 3.05) is 6.61 Å². The van der Waals surface area contributed by atoms with E-state index in [2.05, 4.69) is 5.32 Å². The Balaban J connectivity index is 1.60. The maximum absolute atomic E-state index is 11.6. The molecule has 4 rings (SSSR count). The van der Waals surface area contributed by atoms with Crippen LogP contribution in [0.25, 0.3) is 22.1 Å². The fourth-order valence-electron chi connectivity index (χ4n) is 3.98. The molecule has 0 atom stereocenters. The number of hydrogen-bond acceptors (Lipinski definition) is 6. The average molecular weight is 489 g/mol. The number of hydrogen-bond donors (Lipinski definition) is 3. The van der Waals surface area contributed by atoms with E-state index in [1.54, 1.807) is 31.4 Å². The Morgan fingerprint density at radius 2 is 1.89 bits per heavy atom. The standard InChI is InChI=1S/C28H28N2O6/c1-2-34-28(33)30-16-19-6-7-22(14-26(31)32)25(13-19)36-17-20-11-23-8-9-35-27(23)24(12-20)21-5-3-4-18(10-21)15-29/h3-13H,2,14-17,29H2,1H3,(H,30,33)(H,31,32). The second-order valence-electron chi connectivity index (χ2n) is 8.26. The van der Waals surface area contributed by atoms with Crippen molar-refractivity contribution in [2.24, 2.45) is 5.73 Å². The van der Waals surface area contributed by atoms with Crippen LogP contribution in [0.1, 0.15) is 29.2 Å². The third-order valence-electron chi connectivity index (χ3n) is 5.66. The highest BCUT2D eigenvalue weighted by Crippen LogP contribution is 2.32. The first-order valence-corrected chi connectivity index (χ1v) is 11.6. The zero-order chi connectivity index (χ0) is 25.5. The number of alkyl carbamates (subject to hydrolysis) is 1. The van der Waals surface area contributed by atoms with Crippen molar-refractivity contribution in [3.63, 3.8) is 0 Å². The molecule has 1 heterocycles. The lowest BCUT2D eigenvalue weighted by Gasteiger charge is -2.14. The summed E-state index contributed by atoms with van der Waals surface area (Å²) in [7, 11) is 0. The van der Waals surface area contributed by atoms with Gasteiger partial charge >= 0.3 is 12.1 Å². The van der Waals surface area contributed by atoms with Crippen molar-refractivity contribution in [1.29, 1.82) is 0 Å². The first-order valence-electron chi connectivity index (χ1n) is 11.6. The van der Waals surface area contributed by atoms with Crippen molar-refractivity contribution in [2.45, 2.75) is 33.0 Å². The predicted molar refractivity (Wildman–Crippen MR) is 136 cm³/mol. The number of nitrogens with one attached hydrogen (secondary N) is 1. The van der Waals surface area contributed by atoms with E-state index in [0.717, 1.165) is 38.8 Å². The van der Waals surface area contributed by atoms with Crippen LogP contribution in [0.3, 0.4) is 0 Å². The summed E-state index contributed by atoms with van der Waals surface area (Å²) in [6.45, 7) is 2.88. The molecule has 8 nitrogen and oxygen atoms in total. The van der Waals surface area contributed by atoms with Crippen molar-refractivity contribution in [3.8, 4) is 16.9 Å². The highest BCUT2D eigenvalue weighted by atomic mass is 16.5. The molecule has 8 heteroatoms. The second kappa shape index (κ2) is 11.4. The highest BCUT2D eigenvalue weighted by Gasteiger charge is 2.13. The summed E-state index contributed by atoms with van der Waals surface area (Å²) in [5, 5.41) is 12.9. The molecule has 36 heavy (non-hydrogen) atoms. The number of carboxylic acid groups (broad SMARTS) is 1. The van der Waals surface area contributed by atoms with Gasteiger partial charge in [0.2, 0.25) is 0 Å². The minimum atomic E-state index is -0.959. The molecule has 0 aliphatic rings. The third kappa shape index (κ3) is 6.03. The number of carbonyl (C=O) groups is 2. The van der Waals surface area contributed by atoms with Crippen LogP contribution in [0.5, 0.6) is 5.75 Å². The number of nitrogens with two attached hydrogens (primary N) is 1. The highest BCUT2D eigenvalue weighted by molar-refractivity contribution is 5.93. The molecular formula is C28H28N2O6. The number of rotatable bonds is 10. The Kier molecular flexibility index (Phi) is 7.87. The zero-order valence-electron chi connectivity index (χ0n) is 20.0. The van der Waals surface area contributed by atoms with Crippen molar-refractivity contribution in [3.05, 3.63) is 89.2 Å². The first-order chi connectivity index (χ1) is 17.5. The summed E-state index contributed by atoms with van der Waals surface area (Å²) >= 11 is 0. The predicted octanol–water partition coefficient (Wildman–Crippen LogP) is 5.01. The van der Waals surface area contributed by atoms with Gasteiger partial charge in [-0.15, -0.1) is 0 Å². The lowest BCUT2D eigenvalue weighted by molar-refractivity contribution is -0.136. The summed E-state index contributed by atoms with van der Waals surface area (Å²) in [5.74, 6) is -0.515. The SMILES string of the molecule is CCOC(=O)NCc1ccc(CC(=O)O)c(OCc2cc(-c3cccc(CN)c3)c3occc3c2)c1. The molecule has 1 amide bonds. The van der Waals surface area contributed by atoms with Gasteiger partial charge in [-0.1, -0.05) is 30.3 Å². The number of benzene rings is 3. The number of carbonyl (C=O) groups excluding carboxylic acids is 1. The van der Waals surface area contributed by atoms with E-state index in [0.29, 0.717) is 17.9 Å². The van der Waals surface area contributed by atoms with Crippen LogP contribution in [0.15, 0.2) is 71.3 Å². The van der Waals surface area contributed by atoms with E-state index in [9.17, 15) is 14.7 Å². The number of fused-ring (bicyclic) bond motifs is 1. The number of amides is 1. The molecule has 0 spiro atoms. The van der Waals surface area contributed by atoms with Crippen LogP contribution in [0.4, 0.5) is 4.79 Å². The molecule has 0 unspecified atom stereocenters. The van der Waals surface area contributed by atoms with E-state index < -0.39 is 12.1 Å². The van der Waals surface area contributed by atoms with Crippen molar-refractivity contribution >= 4 is 23.0 Å². The van der Waals surface area contributed by atoms with E-state index in [1.807, 2.05) is 42.5 Å². The van der Waals surface area contributed by atoms with Gasteiger partial charge in [0.15, 0.2) is 0 Å². The quantitative estimate of drug-likeness (QED) is 0.287. The fraction of sp³-hybridized carbons (Fsp3) is 0.214. The van der Waals surface area contributed by atoms with E-state index in [1.165, 1.54) is 0 Å². The van der Waals surface area contributed by atoms with Crippen LogP contribution in [0, 0.1) is 0 Å². The van der Waals surface area contributed by atoms with Gasteiger partial charge in [-0.05, 0) is 59.5 Å². The average Bonchev–Trinajstić information content (AvgIpc) is 3.35. The smallest absolute Gasteiger partial charge is 0.407 e. The van der Waals surface area contributed by atoms with Gasteiger partial charge in [0.25, 0.3) is 0 Å². The zero-order valence-corrected chi connectivity index (χ0v) is 20.0. The summed E-state index contributed by atoms with van der Waals surface area (Å²) < 4.78 is 16.8. The van der Waals surface area contributed by atoms with Gasteiger partial charge in [-0.3, -0.25) is 4.79 Å². The molecule has 0 saturated carbocycles. The van der Waals surface area contributed by atoms with Crippen LogP contribution >= 0.6 is 0 Å². The topological polar surface area (TPSA) is 124 Å². The number of aliphatic carboxylic acids is 1. The normalized spacial score (nSPS) is 10.8. The summed E-state index contributed by atoms with van der Waals surface area (Å²) in [6, 6.07) is 19.1. The Labute approximate surface area is 208 Å². The lowest BCUT2D eigenvalue weighted by atomic mass is 9.99. The van der Waals surface area contributed by atoms with Crippen molar-refractivity contribution in [1.82, 2.24) is 5.32 Å².